The van der Waals surface area contributed by atoms with Crippen LogP contribution in [0, 0.1) is 5.92 Å². The monoisotopic (exact) mass is 361 g/mol. The number of rotatable bonds is 4. The van der Waals surface area contributed by atoms with E-state index in [1.807, 2.05) is 35.4 Å². The summed E-state index contributed by atoms with van der Waals surface area (Å²) in [7, 11) is 2.11. The molecule has 3 heterocycles. The van der Waals surface area contributed by atoms with Crippen LogP contribution in [0.1, 0.15) is 19.4 Å². The summed E-state index contributed by atoms with van der Waals surface area (Å²) in [4.78, 5) is 6.32. The van der Waals surface area contributed by atoms with E-state index in [2.05, 4.69) is 63.2 Å². The molecule has 0 spiro atoms. The van der Waals surface area contributed by atoms with E-state index in [4.69, 9.17) is 0 Å². The van der Waals surface area contributed by atoms with E-state index in [0.717, 1.165) is 22.7 Å². The number of aromatic nitrogens is 3. The molecule has 5 nitrogen and oxygen atoms in total. The Labute approximate surface area is 139 Å². The van der Waals surface area contributed by atoms with Crippen LogP contribution in [0.4, 0.5) is 5.82 Å². The van der Waals surface area contributed by atoms with Crippen LogP contribution < -0.4 is 10.2 Å². The first-order valence-electron chi connectivity index (χ1n) is 7.39. The summed E-state index contributed by atoms with van der Waals surface area (Å²) in [5.41, 5.74) is 1.20. The Morgan fingerprint density at radius 3 is 2.73 bits per heavy atom. The second-order valence-corrected chi connectivity index (χ2v) is 6.69. The molecule has 116 valence electrons. The normalized spacial score (nSPS) is 17.4. The number of nitrogens with zero attached hydrogens (tertiary/aromatic N) is 4. The molecule has 0 saturated heterocycles. The maximum absolute atomic E-state index is 4.48. The van der Waals surface area contributed by atoms with Gasteiger partial charge in [-0.15, -0.1) is 0 Å². The van der Waals surface area contributed by atoms with Crippen molar-refractivity contribution >= 4 is 27.6 Å². The van der Waals surface area contributed by atoms with Gasteiger partial charge in [0.1, 0.15) is 11.6 Å². The van der Waals surface area contributed by atoms with Crippen LogP contribution in [0.15, 0.2) is 41.3 Å². The van der Waals surface area contributed by atoms with Gasteiger partial charge in [-0.2, -0.15) is 5.10 Å². The van der Waals surface area contributed by atoms with Gasteiger partial charge in [-0.05, 0) is 45.6 Å². The van der Waals surface area contributed by atoms with Crippen LogP contribution in [0.5, 0.6) is 0 Å². The largest absolute Gasteiger partial charge is 0.366 e. The third-order valence-electron chi connectivity index (χ3n) is 3.94. The lowest BCUT2D eigenvalue weighted by molar-refractivity contribution is 0.523. The van der Waals surface area contributed by atoms with Gasteiger partial charge in [-0.1, -0.05) is 13.8 Å². The van der Waals surface area contributed by atoms with Gasteiger partial charge < -0.3 is 10.2 Å². The van der Waals surface area contributed by atoms with Crippen molar-refractivity contribution in [1.82, 2.24) is 20.1 Å². The topological polar surface area (TPSA) is 46.0 Å². The predicted molar refractivity (Wildman–Crippen MR) is 92.3 cm³/mol. The fourth-order valence-electron chi connectivity index (χ4n) is 2.77. The van der Waals surface area contributed by atoms with Crippen molar-refractivity contribution in [2.75, 3.05) is 11.9 Å². The third-order valence-corrected chi connectivity index (χ3v) is 4.50. The number of hydrogen-bond acceptors (Lipinski definition) is 4. The van der Waals surface area contributed by atoms with Gasteiger partial charge in [0, 0.05) is 26.0 Å². The van der Waals surface area contributed by atoms with Crippen molar-refractivity contribution < 1.29 is 0 Å². The molecule has 1 aliphatic rings. The van der Waals surface area contributed by atoms with Gasteiger partial charge in [0.15, 0.2) is 0 Å². The maximum atomic E-state index is 4.48. The SMILES string of the molecule is CC(C)C1C=C(NCc2ccncc2)n2ncc(Br)c2N1C. The lowest BCUT2D eigenvalue weighted by atomic mass is 10.0. The summed E-state index contributed by atoms with van der Waals surface area (Å²) in [6.07, 6.45) is 7.72. The molecule has 1 aliphatic heterocycles. The van der Waals surface area contributed by atoms with Gasteiger partial charge in [0.2, 0.25) is 0 Å². The highest BCUT2D eigenvalue weighted by atomic mass is 79.9. The Morgan fingerprint density at radius 1 is 1.32 bits per heavy atom. The summed E-state index contributed by atoms with van der Waals surface area (Å²) in [5, 5.41) is 7.98. The Kier molecular flexibility index (Phi) is 4.20. The lowest BCUT2D eigenvalue weighted by Crippen LogP contribution is -2.41. The number of pyridine rings is 1. The average Bonchev–Trinajstić information content (AvgIpc) is 2.90. The summed E-state index contributed by atoms with van der Waals surface area (Å²) < 4.78 is 2.96. The molecule has 3 rings (SSSR count). The molecule has 6 heteroatoms. The lowest BCUT2D eigenvalue weighted by Gasteiger charge is -2.36. The number of hydrogen-bond donors (Lipinski definition) is 1. The highest BCUT2D eigenvalue weighted by molar-refractivity contribution is 9.10. The van der Waals surface area contributed by atoms with E-state index < -0.39 is 0 Å². The van der Waals surface area contributed by atoms with Crippen molar-refractivity contribution in [3.63, 3.8) is 0 Å². The molecule has 0 radical (unpaired) electrons. The smallest absolute Gasteiger partial charge is 0.148 e. The molecule has 0 amide bonds. The van der Waals surface area contributed by atoms with Gasteiger partial charge in [0.05, 0.1) is 16.7 Å². The number of nitrogens with one attached hydrogen (secondary N) is 1. The van der Waals surface area contributed by atoms with E-state index in [9.17, 15) is 0 Å². The third kappa shape index (κ3) is 2.75. The van der Waals surface area contributed by atoms with Crippen molar-refractivity contribution in [3.05, 3.63) is 46.8 Å². The molecule has 1 N–H and O–H groups in total. The average molecular weight is 362 g/mol. The summed E-state index contributed by atoms with van der Waals surface area (Å²) in [6.45, 7) is 5.22. The van der Waals surface area contributed by atoms with E-state index in [0.29, 0.717) is 12.0 Å². The Hall–Kier alpha value is -1.82. The van der Waals surface area contributed by atoms with Gasteiger partial charge in [0.25, 0.3) is 0 Å². The van der Waals surface area contributed by atoms with Crippen LogP contribution in [-0.4, -0.2) is 27.9 Å². The minimum absolute atomic E-state index is 0.334. The van der Waals surface area contributed by atoms with Gasteiger partial charge in [-0.25, -0.2) is 4.68 Å². The summed E-state index contributed by atoms with van der Waals surface area (Å²) in [5.74, 6) is 2.62. The Morgan fingerprint density at radius 2 is 2.05 bits per heavy atom. The fraction of sp³-hybridized carbons (Fsp3) is 0.375. The van der Waals surface area contributed by atoms with Crippen LogP contribution in [0.25, 0.3) is 5.82 Å². The second kappa shape index (κ2) is 6.12. The van der Waals surface area contributed by atoms with Crippen molar-refractivity contribution in [2.24, 2.45) is 5.92 Å². The molecule has 2 aromatic rings. The molecule has 0 bridgehead atoms. The summed E-state index contributed by atoms with van der Waals surface area (Å²) in [6, 6.07) is 4.37. The predicted octanol–water partition coefficient (Wildman–Crippen LogP) is 3.10. The van der Waals surface area contributed by atoms with Gasteiger partial charge >= 0.3 is 0 Å². The quantitative estimate of drug-likeness (QED) is 0.908. The van der Waals surface area contributed by atoms with E-state index >= 15 is 0 Å². The number of fused-ring (bicyclic) bond motifs is 1. The van der Waals surface area contributed by atoms with Crippen molar-refractivity contribution in [2.45, 2.75) is 26.4 Å². The molecule has 0 fully saturated rings. The Balaban J connectivity index is 1.89. The number of anilines is 1. The standard InChI is InChI=1S/C16H20BrN5/c1-11(2)14-8-15(19-9-12-4-6-18-7-5-12)22-16(21(14)3)13(17)10-20-22/h4-8,10-11,14,19H,9H2,1-3H3. The molecule has 22 heavy (non-hydrogen) atoms. The zero-order valence-electron chi connectivity index (χ0n) is 13.0. The number of likely N-dealkylation sites (N-methyl/N-ethyl adjacent to an activating group) is 1. The minimum Gasteiger partial charge on any atom is -0.366 e. The first-order chi connectivity index (χ1) is 10.6. The zero-order valence-corrected chi connectivity index (χ0v) is 14.6. The molecule has 0 aromatic carbocycles. The zero-order chi connectivity index (χ0) is 15.7. The Bertz CT molecular complexity index is 677. The molecule has 2 aromatic heterocycles. The number of halogens is 1. The molecular formula is C16H20BrN5. The van der Waals surface area contributed by atoms with Crippen LogP contribution in [-0.2, 0) is 6.54 Å². The molecule has 0 saturated carbocycles. The fourth-order valence-corrected chi connectivity index (χ4v) is 3.31. The maximum Gasteiger partial charge on any atom is 0.148 e. The minimum atomic E-state index is 0.334. The first kappa shape index (κ1) is 15.1. The van der Waals surface area contributed by atoms with E-state index in [1.54, 1.807) is 0 Å². The highest BCUT2D eigenvalue weighted by Crippen LogP contribution is 2.34. The molecule has 0 aliphatic carbocycles. The second-order valence-electron chi connectivity index (χ2n) is 5.83. The van der Waals surface area contributed by atoms with Gasteiger partial charge in [-0.3, -0.25) is 4.98 Å². The van der Waals surface area contributed by atoms with Crippen molar-refractivity contribution in [1.29, 1.82) is 0 Å². The highest BCUT2D eigenvalue weighted by Gasteiger charge is 2.28. The summed E-state index contributed by atoms with van der Waals surface area (Å²) >= 11 is 3.60. The first-order valence-corrected chi connectivity index (χ1v) is 8.18. The molecular weight excluding hydrogens is 342 g/mol. The van der Waals surface area contributed by atoms with Crippen LogP contribution in [0.2, 0.25) is 0 Å². The van der Waals surface area contributed by atoms with Crippen LogP contribution >= 0.6 is 15.9 Å². The van der Waals surface area contributed by atoms with Crippen LogP contribution in [0.3, 0.4) is 0 Å². The molecule has 1 unspecified atom stereocenters. The van der Waals surface area contributed by atoms with Crippen molar-refractivity contribution in [3.8, 4) is 0 Å². The van der Waals surface area contributed by atoms with E-state index in [1.165, 1.54) is 5.56 Å². The van der Waals surface area contributed by atoms with E-state index in [-0.39, 0.29) is 0 Å². The molecule has 1 atom stereocenters.